The van der Waals surface area contributed by atoms with E-state index in [1.54, 1.807) is 29.7 Å². The molecule has 1 fully saturated rings. The topological polar surface area (TPSA) is 63.2 Å². The molecule has 0 amide bonds. The Hall–Kier alpha value is -1.47. The van der Waals surface area contributed by atoms with Crippen molar-refractivity contribution in [3.63, 3.8) is 0 Å². The third-order valence-electron chi connectivity index (χ3n) is 4.15. The maximum Gasteiger partial charge on any atom is 0.179 e. The first-order valence-electron chi connectivity index (χ1n) is 7.83. The Morgan fingerprint density at radius 3 is 2.96 bits per heavy atom. The number of sulfone groups is 1. The minimum Gasteiger partial charge on any atom is -0.355 e. The van der Waals surface area contributed by atoms with Gasteiger partial charge in [-0.1, -0.05) is 6.92 Å². The van der Waals surface area contributed by atoms with Crippen LogP contribution < -0.4 is 4.90 Å². The fraction of sp³-hybridized carbons (Fsp3) is 0.500. The second kappa shape index (κ2) is 6.57. The highest BCUT2D eigenvalue weighted by Crippen LogP contribution is 2.33. The van der Waals surface area contributed by atoms with E-state index in [-0.39, 0.29) is 0 Å². The molecule has 0 saturated carbocycles. The summed E-state index contributed by atoms with van der Waals surface area (Å²) in [5, 5.41) is 3.28. The van der Waals surface area contributed by atoms with Gasteiger partial charge in [0, 0.05) is 36.8 Å². The summed E-state index contributed by atoms with van der Waals surface area (Å²) in [7, 11) is -3.28. The number of aromatic nitrogens is 2. The third kappa shape index (κ3) is 3.55. The average molecular weight is 351 g/mol. The molecule has 23 heavy (non-hydrogen) atoms. The summed E-state index contributed by atoms with van der Waals surface area (Å²) in [5.74, 6) is 0.926. The van der Waals surface area contributed by atoms with Crippen molar-refractivity contribution in [3.05, 3.63) is 34.4 Å². The highest BCUT2D eigenvalue weighted by molar-refractivity contribution is 7.90. The average Bonchev–Trinajstić information content (AvgIpc) is 3.03. The molecule has 2 aromatic heterocycles. The first-order chi connectivity index (χ1) is 11.0. The number of hydrogen-bond donors (Lipinski definition) is 0. The van der Waals surface area contributed by atoms with Crippen molar-refractivity contribution in [2.45, 2.75) is 37.0 Å². The Bertz CT molecular complexity index is 786. The van der Waals surface area contributed by atoms with Crippen LogP contribution in [0.15, 0.2) is 28.6 Å². The zero-order valence-corrected chi connectivity index (χ0v) is 15.0. The van der Waals surface area contributed by atoms with Gasteiger partial charge in [0.2, 0.25) is 0 Å². The normalized spacial score (nSPS) is 19.0. The second-order valence-corrected chi connectivity index (χ2v) is 8.79. The van der Waals surface area contributed by atoms with E-state index < -0.39 is 9.84 Å². The van der Waals surface area contributed by atoms with Gasteiger partial charge in [-0.2, -0.15) is 0 Å². The number of rotatable bonds is 4. The van der Waals surface area contributed by atoms with Gasteiger partial charge < -0.3 is 4.90 Å². The maximum atomic E-state index is 12.0. The molecule has 0 bridgehead atoms. The lowest BCUT2D eigenvalue weighted by Crippen LogP contribution is -2.35. The fourth-order valence-electron chi connectivity index (χ4n) is 2.95. The van der Waals surface area contributed by atoms with Crippen LogP contribution in [0.1, 0.15) is 36.4 Å². The molecule has 0 aromatic carbocycles. The Balaban J connectivity index is 1.87. The number of aryl methyl sites for hydroxylation is 1. The summed E-state index contributed by atoms with van der Waals surface area (Å²) in [4.78, 5) is 11.5. The lowest BCUT2D eigenvalue weighted by atomic mass is 9.98. The molecule has 7 heteroatoms. The molecule has 0 aliphatic carbocycles. The van der Waals surface area contributed by atoms with Crippen LogP contribution >= 0.6 is 11.3 Å². The van der Waals surface area contributed by atoms with Crippen LogP contribution in [0, 0.1) is 0 Å². The Morgan fingerprint density at radius 1 is 1.43 bits per heavy atom. The minimum atomic E-state index is -3.28. The molecular weight excluding hydrogens is 330 g/mol. The molecule has 1 aliphatic rings. The van der Waals surface area contributed by atoms with Gasteiger partial charge in [0.05, 0.1) is 10.7 Å². The summed E-state index contributed by atoms with van der Waals surface area (Å²) < 4.78 is 24.0. The van der Waals surface area contributed by atoms with Crippen molar-refractivity contribution >= 4 is 27.0 Å². The predicted molar refractivity (Wildman–Crippen MR) is 93.0 cm³/mol. The molecule has 0 N–H and O–H groups in total. The summed E-state index contributed by atoms with van der Waals surface area (Å²) in [6.07, 6.45) is 5.96. The predicted octanol–water partition coefficient (Wildman–Crippen LogP) is 2.89. The summed E-state index contributed by atoms with van der Waals surface area (Å²) in [5.41, 5.74) is 1.14. The molecular formula is C16H21N3O2S2. The monoisotopic (exact) mass is 351 g/mol. The largest absolute Gasteiger partial charge is 0.355 e. The quantitative estimate of drug-likeness (QED) is 0.847. The Kier molecular flexibility index (Phi) is 4.68. The highest BCUT2D eigenvalue weighted by atomic mass is 32.2. The Labute approximate surface area is 141 Å². The lowest BCUT2D eigenvalue weighted by Gasteiger charge is -2.33. The number of nitrogens with zero attached hydrogens (tertiary/aromatic N) is 3. The van der Waals surface area contributed by atoms with E-state index in [9.17, 15) is 8.42 Å². The smallest absolute Gasteiger partial charge is 0.179 e. The number of thiazole rings is 1. The second-order valence-electron chi connectivity index (χ2n) is 5.91. The van der Waals surface area contributed by atoms with Gasteiger partial charge in [0.25, 0.3) is 0 Å². The molecule has 1 saturated heterocycles. The molecule has 2 aromatic rings. The van der Waals surface area contributed by atoms with Crippen LogP contribution in [-0.4, -0.2) is 37.7 Å². The number of pyridine rings is 1. The SMILES string of the molecule is CCc1csc(C2CCCN(c3ncccc3S(C)(=O)=O)C2)n1. The van der Waals surface area contributed by atoms with Crippen LogP contribution in [-0.2, 0) is 16.3 Å². The van der Waals surface area contributed by atoms with E-state index in [0.29, 0.717) is 16.6 Å². The van der Waals surface area contributed by atoms with Crippen molar-refractivity contribution in [1.29, 1.82) is 0 Å². The van der Waals surface area contributed by atoms with Gasteiger partial charge in [-0.3, -0.25) is 0 Å². The number of hydrogen-bond acceptors (Lipinski definition) is 6. The van der Waals surface area contributed by atoms with Crippen molar-refractivity contribution < 1.29 is 8.42 Å². The van der Waals surface area contributed by atoms with Crippen molar-refractivity contribution in [1.82, 2.24) is 9.97 Å². The molecule has 124 valence electrons. The van der Waals surface area contributed by atoms with E-state index in [1.807, 2.05) is 0 Å². The van der Waals surface area contributed by atoms with E-state index in [4.69, 9.17) is 4.98 Å². The van der Waals surface area contributed by atoms with Gasteiger partial charge in [-0.15, -0.1) is 11.3 Å². The van der Waals surface area contributed by atoms with Gasteiger partial charge >= 0.3 is 0 Å². The van der Waals surface area contributed by atoms with E-state index in [1.165, 1.54) is 6.26 Å². The van der Waals surface area contributed by atoms with Crippen molar-refractivity contribution in [2.24, 2.45) is 0 Å². The van der Waals surface area contributed by atoms with Gasteiger partial charge in [0.15, 0.2) is 9.84 Å². The van der Waals surface area contributed by atoms with Gasteiger partial charge in [-0.25, -0.2) is 18.4 Å². The van der Waals surface area contributed by atoms with Gasteiger partial charge in [-0.05, 0) is 31.4 Å². The lowest BCUT2D eigenvalue weighted by molar-refractivity contribution is 0.502. The van der Waals surface area contributed by atoms with Crippen LogP contribution in [0.2, 0.25) is 0 Å². The van der Waals surface area contributed by atoms with Crippen LogP contribution in [0.3, 0.4) is 0 Å². The van der Waals surface area contributed by atoms with Crippen LogP contribution in [0.4, 0.5) is 5.82 Å². The van der Waals surface area contributed by atoms with Crippen molar-refractivity contribution in [3.8, 4) is 0 Å². The molecule has 0 spiro atoms. The maximum absolute atomic E-state index is 12.0. The molecule has 3 rings (SSSR count). The Morgan fingerprint density at radius 2 is 2.26 bits per heavy atom. The van der Waals surface area contributed by atoms with Crippen LogP contribution in [0.5, 0.6) is 0 Å². The highest BCUT2D eigenvalue weighted by Gasteiger charge is 2.27. The molecule has 5 nitrogen and oxygen atoms in total. The molecule has 3 heterocycles. The van der Waals surface area contributed by atoms with E-state index in [0.717, 1.165) is 43.1 Å². The molecule has 1 aliphatic heterocycles. The van der Waals surface area contributed by atoms with Crippen molar-refractivity contribution in [2.75, 3.05) is 24.2 Å². The first-order valence-corrected chi connectivity index (χ1v) is 10.6. The number of piperidine rings is 1. The molecule has 0 radical (unpaired) electrons. The molecule has 1 atom stereocenters. The third-order valence-corrected chi connectivity index (χ3v) is 6.33. The van der Waals surface area contributed by atoms with Gasteiger partial charge in [0.1, 0.15) is 10.7 Å². The van der Waals surface area contributed by atoms with E-state index >= 15 is 0 Å². The minimum absolute atomic E-state index is 0.314. The first kappa shape index (κ1) is 16.4. The summed E-state index contributed by atoms with van der Waals surface area (Å²) >= 11 is 1.71. The summed E-state index contributed by atoms with van der Waals surface area (Å²) in [6.45, 7) is 3.72. The zero-order chi connectivity index (χ0) is 16.4. The van der Waals surface area contributed by atoms with Crippen LogP contribution in [0.25, 0.3) is 0 Å². The number of anilines is 1. The molecule has 1 unspecified atom stereocenters. The van der Waals surface area contributed by atoms with E-state index in [2.05, 4.69) is 22.2 Å². The summed E-state index contributed by atoms with van der Waals surface area (Å²) in [6, 6.07) is 3.32. The zero-order valence-electron chi connectivity index (χ0n) is 13.4. The standard InChI is InChI=1S/C16H21N3O2S2/c1-3-13-11-22-16(18-13)12-6-5-9-19(10-12)15-14(23(2,20)21)7-4-8-17-15/h4,7-8,11-12H,3,5-6,9-10H2,1-2H3. The fourth-order valence-corrected chi connectivity index (χ4v) is 4.82.